The largest absolute Gasteiger partial charge is 0.436 e. The summed E-state index contributed by atoms with van der Waals surface area (Å²) in [4.78, 5) is 16.8. The Labute approximate surface area is 164 Å². The maximum Gasteiger partial charge on any atom is 0.258 e. The molecule has 4 aromatic rings. The zero-order valence-electron chi connectivity index (χ0n) is 14.2. The number of hydrogen-bond donors (Lipinski definition) is 1. The molecule has 0 saturated carbocycles. The van der Waals surface area contributed by atoms with E-state index in [1.165, 1.54) is 12.1 Å². The van der Waals surface area contributed by atoms with Gasteiger partial charge in [-0.2, -0.15) is 5.26 Å². The van der Waals surface area contributed by atoms with Crippen LogP contribution in [0.4, 0.5) is 10.1 Å². The first kappa shape index (κ1) is 17.7. The summed E-state index contributed by atoms with van der Waals surface area (Å²) in [5.41, 5.74) is 2.30. The van der Waals surface area contributed by atoms with Crippen molar-refractivity contribution in [1.82, 2.24) is 4.98 Å². The molecule has 7 heteroatoms. The van der Waals surface area contributed by atoms with Crippen LogP contribution in [0, 0.1) is 17.1 Å². The van der Waals surface area contributed by atoms with Gasteiger partial charge in [0.2, 0.25) is 5.89 Å². The first-order chi connectivity index (χ1) is 13.5. The maximum atomic E-state index is 14.0. The molecule has 0 spiro atoms. The van der Waals surface area contributed by atoms with Crippen LogP contribution in [0.25, 0.3) is 22.6 Å². The molecule has 1 heterocycles. The topological polar surface area (TPSA) is 78.9 Å². The van der Waals surface area contributed by atoms with Crippen molar-refractivity contribution in [2.24, 2.45) is 0 Å². The monoisotopic (exact) mass is 391 g/mol. The minimum Gasteiger partial charge on any atom is -0.436 e. The van der Waals surface area contributed by atoms with E-state index < -0.39 is 11.7 Å². The molecular formula is C21H11ClFN3O2. The highest BCUT2D eigenvalue weighted by molar-refractivity contribution is 6.31. The minimum absolute atomic E-state index is 0.145. The van der Waals surface area contributed by atoms with Gasteiger partial charge in [-0.05, 0) is 54.6 Å². The van der Waals surface area contributed by atoms with E-state index in [9.17, 15) is 9.18 Å². The zero-order chi connectivity index (χ0) is 19.7. The first-order valence-corrected chi connectivity index (χ1v) is 8.59. The van der Waals surface area contributed by atoms with E-state index in [1.807, 2.05) is 6.07 Å². The van der Waals surface area contributed by atoms with Crippen LogP contribution in [0.15, 0.2) is 65.1 Å². The van der Waals surface area contributed by atoms with E-state index >= 15 is 0 Å². The second kappa shape index (κ2) is 7.14. The van der Waals surface area contributed by atoms with E-state index in [4.69, 9.17) is 21.3 Å². The lowest BCUT2D eigenvalue weighted by molar-refractivity contribution is 0.102. The molecular weight excluding hydrogens is 381 g/mol. The normalized spacial score (nSPS) is 10.6. The first-order valence-electron chi connectivity index (χ1n) is 8.21. The predicted octanol–water partition coefficient (Wildman–Crippen LogP) is 5.41. The van der Waals surface area contributed by atoms with Crippen LogP contribution in [-0.2, 0) is 0 Å². The quantitative estimate of drug-likeness (QED) is 0.506. The number of hydrogen-bond acceptors (Lipinski definition) is 4. The highest BCUT2D eigenvalue weighted by Gasteiger charge is 2.14. The molecule has 5 nitrogen and oxygen atoms in total. The van der Waals surface area contributed by atoms with E-state index in [-0.39, 0.29) is 11.1 Å². The number of carbonyl (C=O) groups is 1. The smallest absolute Gasteiger partial charge is 0.258 e. The number of nitrogens with zero attached hydrogens (tertiary/aromatic N) is 2. The number of rotatable bonds is 3. The second-order valence-corrected chi connectivity index (χ2v) is 6.41. The number of amides is 1. The third-order valence-corrected chi connectivity index (χ3v) is 4.29. The lowest BCUT2D eigenvalue weighted by atomic mass is 10.1. The van der Waals surface area contributed by atoms with Crippen LogP contribution in [-0.4, -0.2) is 10.9 Å². The van der Waals surface area contributed by atoms with Gasteiger partial charge in [0.05, 0.1) is 17.2 Å². The molecule has 0 aliphatic heterocycles. The summed E-state index contributed by atoms with van der Waals surface area (Å²) in [5.74, 6) is -1.01. The van der Waals surface area contributed by atoms with Crippen molar-refractivity contribution in [2.45, 2.75) is 0 Å². The standard InChI is InChI=1S/C21H11ClFN3O2/c22-14-5-7-19-18(10-14)26-21(28-19)13-2-1-3-15(9-13)25-20(27)16-6-4-12(11-24)8-17(16)23/h1-10H,(H,25,27). The maximum absolute atomic E-state index is 14.0. The molecule has 0 radical (unpaired) electrons. The van der Waals surface area contributed by atoms with Crippen LogP contribution >= 0.6 is 11.6 Å². The Morgan fingerprint density at radius 1 is 1.14 bits per heavy atom. The number of nitriles is 1. The number of nitrogens with one attached hydrogen (secondary N) is 1. The molecule has 0 unspecified atom stereocenters. The molecule has 1 amide bonds. The van der Waals surface area contributed by atoms with Gasteiger partial charge in [-0.25, -0.2) is 9.37 Å². The predicted molar refractivity (Wildman–Crippen MR) is 104 cm³/mol. The van der Waals surface area contributed by atoms with Gasteiger partial charge in [-0.1, -0.05) is 17.7 Å². The number of halogens is 2. The number of oxazole rings is 1. The van der Waals surface area contributed by atoms with Gasteiger partial charge < -0.3 is 9.73 Å². The van der Waals surface area contributed by atoms with Crippen molar-refractivity contribution < 1.29 is 13.6 Å². The molecule has 0 bridgehead atoms. The van der Waals surface area contributed by atoms with Crippen molar-refractivity contribution in [3.63, 3.8) is 0 Å². The van der Waals surface area contributed by atoms with Crippen molar-refractivity contribution in [3.05, 3.63) is 82.6 Å². The van der Waals surface area contributed by atoms with Crippen LogP contribution in [0.2, 0.25) is 5.02 Å². The summed E-state index contributed by atoms with van der Waals surface area (Å²) in [6.07, 6.45) is 0. The van der Waals surface area contributed by atoms with Crippen LogP contribution in [0.1, 0.15) is 15.9 Å². The Morgan fingerprint density at radius 2 is 2.00 bits per heavy atom. The Bertz CT molecular complexity index is 1260. The van der Waals surface area contributed by atoms with Crippen molar-refractivity contribution in [3.8, 4) is 17.5 Å². The average molecular weight is 392 g/mol. The summed E-state index contributed by atoms with van der Waals surface area (Å²) in [6.45, 7) is 0. The average Bonchev–Trinajstić information content (AvgIpc) is 3.11. The molecule has 136 valence electrons. The molecule has 0 fully saturated rings. The van der Waals surface area contributed by atoms with Gasteiger partial charge in [-0.15, -0.1) is 0 Å². The molecule has 3 aromatic carbocycles. The molecule has 0 saturated heterocycles. The van der Waals surface area contributed by atoms with E-state index in [2.05, 4.69) is 10.3 Å². The van der Waals surface area contributed by atoms with Gasteiger partial charge in [0, 0.05) is 16.3 Å². The van der Waals surface area contributed by atoms with Gasteiger partial charge in [0.25, 0.3) is 5.91 Å². The number of benzene rings is 3. The molecule has 0 aliphatic rings. The Morgan fingerprint density at radius 3 is 2.79 bits per heavy atom. The molecule has 1 aromatic heterocycles. The third kappa shape index (κ3) is 3.43. The van der Waals surface area contributed by atoms with Crippen LogP contribution < -0.4 is 5.32 Å². The SMILES string of the molecule is N#Cc1ccc(C(=O)Nc2cccc(-c3nc4cc(Cl)ccc4o3)c2)c(F)c1. The van der Waals surface area contributed by atoms with Gasteiger partial charge in [0.15, 0.2) is 5.58 Å². The summed E-state index contributed by atoms with van der Waals surface area (Å²) in [7, 11) is 0. The Balaban J connectivity index is 1.61. The lowest BCUT2D eigenvalue weighted by Crippen LogP contribution is -2.13. The molecule has 0 aliphatic carbocycles. The molecule has 0 atom stereocenters. The molecule has 4 rings (SSSR count). The third-order valence-electron chi connectivity index (χ3n) is 4.06. The molecule has 1 N–H and O–H groups in total. The highest BCUT2D eigenvalue weighted by atomic mass is 35.5. The zero-order valence-corrected chi connectivity index (χ0v) is 15.0. The van der Waals surface area contributed by atoms with Crippen molar-refractivity contribution in [2.75, 3.05) is 5.32 Å². The molecule has 28 heavy (non-hydrogen) atoms. The fraction of sp³-hybridized carbons (Fsp3) is 0. The van der Waals surface area contributed by atoms with Crippen molar-refractivity contribution in [1.29, 1.82) is 5.26 Å². The fourth-order valence-electron chi connectivity index (χ4n) is 2.72. The summed E-state index contributed by atoms with van der Waals surface area (Å²) in [6, 6.07) is 17.5. The Hall–Kier alpha value is -3.69. The Kier molecular flexibility index (Phi) is 4.52. The van der Waals surface area contributed by atoms with E-state index in [0.717, 1.165) is 6.07 Å². The fourth-order valence-corrected chi connectivity index (χ4v) is 2.89. The number of fused-ring (bicyclic) bond motifs is 1. The van der Waals surface area contributed by atoms with Crippen LogP contribution in [0.5, 0.6) is 0 Å². The van der Waals surface area contributed by atoms with E-state index in [0.29, 0.717) is 33.3 Å². The minimum atomic E-state index is -0.761. The lowest BCUT2D eigenvalue weighted by Gasteiger charge is -2.07. The van der Waals surface area contributed by atoms with Crippen LogP contribution in [0.3, 0.4) is 0 Å². The van der Waals surface area contributed by atoms with Gasteiger partial charge in [0.1, 0.15) is 11.3 Å². The number of aromatic nitrogens is 1. The van der Waals surface area contributed by atoms with Crippen molar-refractivity contribution >= 4 is 34.3 Å². The summed E-state index contributed by atoms with van der Waals surface area (Å²) >= 11 is 5.97. The number of carbonyl (C=O) groups excluding carboxylic acids is 1. The second-order valence-electron chi connectivity index (χ2n) is 5.97. The number of anilines is 1. The van der Waals surface area contributed by atoms with E-state index in [1.54, 1.807) is 42.5 Å². The summed E-state index contributed by atoms with van der Waals surface area (Å²) in [5, 5.41) is 12.0. The highest BCUT2D eigenvalue weighted by Crippen LogP contribution is 2.28. The van der Waals surface area contributed by atoms with Gasteiger partial charge in [-0.3, -0.25) is 4.79 Å². The summed E-state index contributed by atoms with van der Waals surface area (Å²) < 4.78 is 19.8. The van der Waals surface area contributed by atoms with Gasteiger partial charge >= 0.3 is 0 Å².